The van der Waals surface area contributed by atoms with Gasteiger partial charge < -0.3 is 23.7 Å². The van der Waals surface area contributed by atoms with Crippen LogP contribution in [0.15, 0.2) is 30.5 Å². The van der Waals surface area contributed by atoms with Crippen molar-refractivity contribution in [3.8, 4) is 23.0 Å². The summed E-state index contributed by atoms with van der Waals surface area (Å²) in [5, 5.41) is 1.40. The van der Waals surface area contributed by atoms with Gasteiger partial charge in [0, 0.05) is 48.6 Å². The summed E-state index contributed by atoms with van der Waals surface area (Å²) in [5.74, 6) is -0.0651. The zero-order chi connectivity index (χ0) is 37.2. The quantitative estimate of drug-likeness (QED) is 0.133. The van der Waals surface area contributed by atoms with Crippen LogP contribution in [0.2, 0.25) is 21.6 Å². The van der Waals surface area contributed by atoms with Gasteiger partial charge in [-0.3, -0.25) is 4.98 Å². The van der Waals surface area contributed by atoms with Gasteiger partial charge in [0.1, 0.15) is 28.6 Å². The molecule has 3 fully saturated rings. The van der Waals surface area contributed by atoms with Gasteiger partial charge in [0.05, 0.1) is 29.2 Å². The number of rotatable bonds is 12. The molecule has 2 aromatic carbocycles. The molecule has 4 heterocycles. The largest absolute Gasteiger partial charge is 0.543 e. The van der Waals surface area contributed by atoms with Crippen LogP contribution in [0.25, 0.3) is 32.9 Å². The highest BCUT2D eigenvalue weighted by molar-refractivity contribution is 6.78. The first-order valence-corrected chi connectivity index (χ1v) is 21.3. The number of ether oxygens (including phenoxy) is 2. The lowest BCUT2D eigenvalue weighted by Gasteiger charge is -2.48. The maximum Gasteiger partial charge on any atom is 0.319 e. The standard InChI is InChI=1S/C40H52ClF2N5O3Si/c1-24(2)52(25(3)4,26(5)6)51-28-18-27-10-11-31(42)33(41)32(27)29(19-28)35-34(43)36-30(20-44-35)37(48-16-9-12-40(22-48)15-17-50-40)46-38(45-36)49-23-39(13-14-39)21-47(7)8/h10-11,18-20,24-26H,9,12-17,21-23H2,1-8H3. The molecule has 0 amide bonds. The van der Waals surface area contributed by atoms with E-state index in [9.17, 15) is 0 Å². The third kappa shape index (κ3) is 6.64. The van der Waals surface area contributed by atoms with Crippen molar-refractivity contribution < 1.29 is 22.7 Å². The van der Waals surface area contributed by atoms with Crippen molar-refractivity contribution in [1.82, 2.24) is 19.9 Å². The van der Waals surface area contributed by atoms with E-state index in [4.69, 9.17) is 40.5 Å². The van der Waals surface area contributed by atoms with Crippen LogP contribution < -0.4 is 14.1 Å². The van der Waals surface area contributed by atoms with Crippen LogP contribution in [0.1, 0.15) is 73.6 Å². The van der Waals surface area contributed by atoms with E-state index in [1.54, 1.807) is 18.3 Å². The first kappa shape index (κ1) is 37.2. The van der Waals surface area contributed by atoms with Crippen molar-refractivity contribution in [2.75, 3.05) is 51.8 Å². The molecule has 2 aliphatic heterocycles. The van der Waals surface area contributed by atoms with E-state index < -0.39 is 20.0 Å². The topological polar surface area (TPSA) is 72.8 Å². The predicted molar refractivity (Wildman–Crippen MR) is 207 cm³/mol. The van der Waals surface area contributed by atoms with Crippen molar-refractivity contribution >= 4 is 47.4 Å². The fourth-order valence-corrected chi connectivity index (χ4v) is 14.6. The van der Waals surface area contributed by atoms with E-state index in [-0.39, 0.29) is 33.3 Å². The molecule has 2 saturated heterocycles. The number of pyridine rings is 1. The number of nitrogens with zero attached hydrogens (tertiary/aromatic N) is 5. The minimum Gasteiger partial charge on any atom is -0.543 e. The molecule has 8 nitrogen and oxygen atoms in total. The third-order valence-electron chi connectivity index (χ3n) is 11.8. The molecule has 3 aliphatic rings. The minimum absolute atomic E-state index is 0.0145. The summed E-state index contributed by atoms with van der Waals surface area (Å²) >= 11 is 6.69. The molecule has 280 valence electrons. The molecule has 7 rings (SSSR count). The molecular formula is C40H52ClF2N5O3Si. The molecule has 0 N–H and O–H groups in total. The number of hydrogen-bond donors (Lipinski definition) is 0. The normalized spacial score (nSPS) is 20.2. The van der Waals surface area contributed by atoms with E-state index in [0.717, 1.165) is 51.8 Å². The van der Waals surface area contributed by atoms with Gasteiger partial charge in [0.2, 0.25) is 0 Å². The van der Waals surface area contributed by atoms with Gasteiger partial charge in [-0.15, -0.1) is 0 Å². The maximum atomic E-state index is 17.4. The molecule has 1 saturated carbocycles. The van der Waals surface area contributed by atoms with Crippen LogP contribution in [0, 0.1) is 17.0 Å². The number of halogens is 3. The van der Waals surface area contributed by atoms with E-state index in [1.165, 1.54) is 6.07 Å². The van der Waals surface area contributed by atoms with Crippen LogP contribution >= 0.6 is 11.6 Å². The molecule has 1 unspecified atom stereocenters. The van der Waals surface area contributed by atoms with Gasteiger partial charge in [-0.2, -0.15) is 9.97 Å². The highest BCUT2D eigenvalue weighted by Crippen LogP contribution is 2.48. The van der Waals surface area contributed by atoms with Crippen molar-refractivity contribution in [1.29, 1.82) is 0 Å². The average molecular weight is 752 g/mol. The van der Waals surface area contributed by atoms with Gasteiger partial charge in [-0.05, 0) is 80.0 Å². The Morgan fingerprint density at radius 3 is 2.33 bits per heavy atom. The summed E-state index contributed by atoms with van der Waals surface area (Å²) in [6, 6.07) is 6.80. The summed E-state index contributed by atoms with van der Waals surface area (Å²) in [7, 11) is 1.70. The molecule has 4 aromatic rings. The summed E-state index contributed by atoms with van der Waals surface area (Å²) in [4.78, 5) is 18.7. The summed E-state index contributed by atoms with van der Waals surface area (Å²) in [6.07, 6.45) is 6.63. The van der Waals surface area contributed by atoms with E-state index in [0.29, 0.717) is 63.1 Å². The Balaban J connectivity index is 1.39. The minimum atomic E-state index is -2.41. The molecule has 1 spiro atoms. The zero-order valence-electron chi connectivity index (χ0n) is 31.8. The Hall–Kier alpha value is -3.12. The lowest BCUT2D eigenvalue weighted by atomic mass is 9.86. The molecule has 12 heteroatoms. The second-order valence-corrected chi connectivity index (χ2v) is 22.4. The average Bonchev–Trinajstić information content (AvgIpc) is 3.85. The highest BCUT2D eigenvalue weighted by Gasteiger charge is 2.48. The number of fused-ring (bicyclic) bond motifs is 2. The summed E-state index contributed by atoms with van der Waals surface area (Å²) in [6.45, 7) is 16.8. The van der Waals surface area contributed by atoms with Crippen LogP contribution in [-0.2, 0) is 4.74 Å². The van der Waals surface area contributed by atoms with Crippen molar-refractivity contribution in [3.63, 3.8) is 0 Å². The Labute approximate surface area is 312 Å². The third-order valence-corrected chi connectivity index (χ3v) is 18.2. The Morgan fingerprint density at radius 1 is 1.00 bits per heavy atom. The van der Waals surface area contributed by atoms with Crippen molar-refractivity contribution in [2.45, 2.75) is 95.9 Å². The van der Waals surface area contributed by atoms with Gasteiger partial charge in [-0.25, -0.2) is 8.78 Å². The number of anilines is 1. The smallest absolute Gasteiger partial charge is 0.319 e. The van der Waals surface area contributed by atoms with Crippen LogP contribution in [0.4, 0.5) is 14.6 Å². The first-order chi connectivity index (χ1) is 24.7. The van der Waals surface area contributed by atoms with Crippen LogP contribution in [0.3, 0.4) is 0 Å². The summed E-state index contributed by atoms with van der Waals surface area (Å²) in [5.41, 5.74) is 1.19. The molecule has 1 atom stereocenters. The first-order valence-electron chi connectivity index (χ1n) is 18.8. The second-order valence-electron chi connectivity index (χ2n) is 16.7. The SMILES string of the molecule is CC(C)[Si](Oc1cc(-c2ncc3c(N4CCCC5(CCO5)C4)nc(OCC4(CN(C)C)CC4)nc3c2F)c2c(Cl)c(F)ccc2c1)(C(C)C)C(C)C. The van der Waals surface area contributed by atoms with Gasteiger partial charge in [0.15, 0.2) is 5.82 Å². The van der Waals surface area contributed by atoms with Crippen LogP contribution in [-0.4, -0.2) is 80.7 Å². The highest BCUT2D eigenvalue weighted by atomic mass is 35.5. The molecule has 0 bridgehead atoms. The van der Waals surface area contributed by atoms with Crippen molar-refractivity contribution in [3.05, 3.63) is 47.1 Å². The fourth-order valence-electron chi connectivity index (χ4n) is 9.09. The van der Waals surface area contributed by atoms with E-state index >= 15 is 8.78 Å². The lowest BCUT2D eigenvalue weighted by Crippen LogP contribution is -2.56. The molecule has 52 heavy (non-hydrogen) atoms. The van der Waals surface area contributed by atoms with Gasteiger partial charge in [-0.1, -0.05) is 59.2 Å². The van der Waals surface area contributed by atoms with Crippen LogP contribution in [0.5, 0.6) is 11.8 Å². The molecular weight excluding hydrogens is 700 g/mol. The van der Waals surface area contributed by atoms with E-state index in [1.807, 2.05) is 6.07 Å². The lowest BCUT2D eigenvalue weighted by molar-refractivity contribution is -0.151. The number of aromatic nitrogens is 3. The second kappa shape index (κ2) is 13.9. The predicted octanol–water partition coefficient (Wildman–Crippen LogP) is 9.81. The molecule has 1 aliphatic carbocycles. The number of piperidine rings is 1. The van der Waals surface area contributed by atoms with E-state index in [2.05, 4.69) is 65.4 Å². The Morgan fingerprint density at radius 2 is 1.71 bits per heavy atom. The summed E-state index contributed by atoms with van der Waals surface area (Å²) < 4.78 is 52.0. The molecule has 0 radical (unpaired) electrons. The maximum absolute atomic E-state index is 17.4. The van der Waals surface area contributed by atoms with Crippen molar-refractivity contribution in [2.24, 2.45) is 5.41 Å². The fraction of sp³-hybridized carbons (Fsp3) is 0.575. The zero-order valence-corrected chi connectivity index (χ0v) is 33.5. The van der Waals surface area contributed by atoms with Gasteiger partial charge in [0.25, 0.3) is 8.32 Å². The monoisotopic (exact) mass is 751 g/mol. The number of benzene rings is 2. The Kier molecular flexibility index (Phi) is 9.97. The Bertz CT molecular complexity index is 1960. The van der Waals surface area contributed by atoms with Gasteiger partial charge >= 0.3 is 6.01 Å². The number of hydrogen-bond acceptors (Lipinski definition) is 8. The molecule has 2 aromatic heterocycles.